The third kappa shape index (κ3) is 4.24. The van der Waals surface area contributed by atoms with Crippen LogP contribution in [-0.4, -0.2) is 28.4 Å². The van der Waals surface area contributed by atoms with Gasteiger partial charge in [-0.25, -0.2) is 9.49 Å². The van der Waals surface area contributed by atoms with E-state index in [9.17, 15) is 14.0 Å². The molecule has 3 aromatic rings. The van der Waals surface area contributed by atoms with Gasteiger partial charge in [0.1, 0.15) is 5.82 Å². The van der Waals surface area contributed by atoms with E-state index in [1.165, 1.54) is 12.1 Å². The highest BCUT2D eigenvalue weighted by Gasteiger charge is 2.13. The van der Waals surface area contributed by atoms with Gasteiger partial charge in [-0.1, -0.05) is 18.2 Å². The maximum Gasteiger partial charge on any atom is 0.272 e. The Bertz CT molecular complexity index is 941. The fourth-order valence-corrected chi connectivity index (χ4v) is 3.22. The summed E-state index contributed by atoms with van der Waals surface area (Å²) in [4.78, 5) is 25.0. The van der Waals surface area contributed by atoms with Crippen LogP contribution in [0.3, 0.4) is 0 Å². The molecular formula is C18H16FN3O2S. The Balaban J connectivity index is 1.54. The molecule has 0 aliphatic carbocycles. The summed E-state index contributed by atoms with van der Waals surface area (Å²) in [5.74, 6) is 0.225. The third-order valence-corrected chi connectivity index (χ3v) is 4.70. The fourth-order valence-electron chi connectivity index (χ4n) is 2.37. The molecule has 0 bridgehead atoms. The van der Waals surface area contributed by atoms with Gasteiger partial charge in [0.15, 0.2) is 5.69 Å². The summed E-state index contributed by atoms with van der Waals surface area (Å²) in [7, 11) is 0. The molecule has 1 amide bonds. The van der Waals surface area contributed by atoms with E-state index < -0.39 is 0 Å². The van der Waals surface area contributed by atoms with Crippen LogP contribution in [0.4, 0.5) is 4.39 Å². The summed E-state index contributed by atoms with van der Waals surface area (Å²) < 4.78 is 12.8. The standard InChI is InChI=1S/C18H16FN3O2S/c19-12-6-8-13(9-7-12)25-11-3-10-20-18(24)16-14-4-1-2-5-15(14)17(23)22-21-16/h1-2,4-9H,3,10-11H2,(H,20,24)(H,22,23). The molecule has 128 valence electrons. The molecule has 3 rings (SSSR count). The lowest BCUT2D eigenvalue weighted by Gasteiger charge is -2.07. The van der Waals surface area contributed by atoms with E-state index in [-0.39, 0.29) is 23.0 Å². The van der Waals surface area contributed by atoms with Gasteiger partial charge >= 0.3 is 0 Å². The SMILES string of the molecule is O=C(NCCCSc1ccc(F)cc1)c1n[nH]c(=O)c2ccccc12. The molecule has 25 heavy (non-hydrogen) atoms. The van der Waals surface area contributed by atoms with Crippen molar-refractivity contribution >= 4 is 28.4 Å². The van der Waals surface area contributed by atoms with Crippen molar-refractivity contribution in [2.45, 2.75) is 11.3 Å². The number of fused-ring (bicyclic) bond motifs is 1. The van der Waals surface area contributed by atoms with Crippen LogP contribution in [0.5, 0.6) is 0 Å². The molecule has 0 atom stereocenters. The molecule has 1 heterocycles. The number of amides is 1. The monoisotopic (exact) mass is 357 g/mol. The zero-order valence-corrected chi connectivity index (χ0v) is 14.1. The maximum atomic E-state index is 12.8. The van der Waals surface area contributed by atoms with Crippen LogP contribution in [0, 0.1) is 5.82 Å². The quantitative estimate of drug-likeness (QED) is 0.525. The van der Waals surface area contributed by atoms with Crippen LogP contribution in [-0.2, 0) is 0 Å². The van der Waals surface area contributed by atoms with E-state index >= 15 is 0 Å². The van der Waals surface area contributed by atoms with Gasteiger partial charge in [-0.2, -0.15) is 5.10 Å². The smallest absolute Gasteiger partial charge is 0.272 e. The molecule has 0 aliphatic heterocycles. The summed E-state index contributed by atoms with van der Waals surface area (Å²) >= 11 is 1.60. The first-order valence-corrected chi connectivity index (χ1v) is 8.78. The number of H-pyrrole nitrogens is 1. The number of thioether (sulfide) groups is 1. The number of carbonyl (C=O) groups excluding carboxylic acids is 1. The van der Waals surface area contributed by atoms with Gasteiger partial charge in [0.2, 0.25) is 0 Å². The molecule has 2 N–H and O–H groups in total. The number of halogens is 1. The minimum Gasteiger partial charge on any atom is -0.351 e. The molecule has 1 aromatic heterocycles. The van der Waals surface area contributed by atoms with Crippen LogP contribution in [0.15, 0.2) is 58.2 Å². The molecule has 2 aromatic carbocycles. The van der Waals surface area contributed by atoms with Crippen molar-refractivity contribution in [3.05, 3.63) is 70.4 Å². The first-order chi connectivity index (χ1) is 12.1. The zero-order valence-electron chi connectivity index (χ0n) is 13.3. The molecule has 0 radical (unpaired) electrons. The van der Waals surface area contributed by atoms with Crippen LogP contribution in [0.25, 0.3) is 10.8 Å². The molecule has 7 heteroatoms. The summed E-state index contributed by atoms with van der Waals surface area (Å²) in [6, 6.07) is 13.2. The second-order valence-electron chi connectivity index (χ2n) is 5.36. The fraction of sp³-hybridized carbons (Fsp3) is 0.167. The first kappa shape index (κ1) is 17.2. The van der Waals surface area contributed by atoms with E-state index in [0.717, 1.165) is 17.1 Å². The van der Waals surface area contributed by atoms with Gasteiger partial charge in [0.25, 0.3) is 11.5 Å². The first-order valence-electron chi connectivity index (χ1n) is 7.79. The van der Waals surface area contributed by atoms with Crippen LogP contribution < -0.4 is 10.9 Å². The van der Waals surface area contributed by atoms with Gasteiger partial charge in [0.05, 0.1) is 5.39 Å². The van der Waals surface area contributed by atoms with E-state index in [0.29, 0.717) is 17.3 Å². The predicted molar refractivity (Wildman–Crippen MR) is 96.4 cm³/mol. The Morgan fingerprint density at radius 2 is 1.84 bits per heavy atom. The second kappa shape index (κ2) is 7.94. The summed E-state index contributed by atoms with van der Waals surface area (Å²) in [5, 5.41) is 10.0. The summed E-state index contributed by atoms with van der Waals surface area (Å²) in [6.07, 6.45) is 0.759. The minimum absolute atomic E-state index is 0.210. The Kier molecular flexibility index (Phi) is 5.45. The van der Waals surface area contributed by atoms with Crippen molar-refractivity contribution in [1.29, 1.82) is 0 Å². The van der Waals surface area contributed by atoms with E-state index in [1.807, 2.05) is 0 Å². The van der Waals surface area contributed by atoms with Gasteiger partial charge in [0, 0.05) is 16.8 Å². The lowest BCUT2D eigenvalue weighted by molar-refractivity contribution is 0.0949. The lowest BCUT2D eigenvalue weighted by Crippen LogP contribution is -2.27. The molecular weight excluding hydrogens is 341 g/mol. The Morgan fingerprint density at radius 3 is 2.60 bits per heavy atom. The largest absolute Gasteiger partial charge is 0.351 e. The topological polar surface area (TPSA) is 74.8 Å². The number of aromatic amines is 1. The van der Waals surface area contributed by atoms with Gasteiger partial charge < -0.3 is 5.32 Å². The highest BCUT2D eigenvalue weighted by atomic mass is 32.2. The van der Waals surface area contributed by atoms with Crippen LogP contribution in [0.1, 0.15) is 16.9 Å². The number of benzene rings is 2. The van der Waals surface area contributed by atoms with E-state index in [4.69, 9.17) is 0 Å². The molecule has 0 spiro atoms. The molecule has 0 saturated carbocycles. The van der Waals surface area contributed by atoms with E-state index in [1.54, 1.807) is 48.2 Å². The highest BCUT2D eigenvalue weighted by Crippen LogP contribution is 2.18. The molecule has 5 nitrogen and oxygen atoms in total. The summed E-state index contributed by atoms with van der Waals surface area (Å²) in [6.45, 7) is 0.488. The molecule has 0 fully saturated rings. The van der Waals surface area contributed by atoms with Gasteiger partial charge in [-0.3, -0.25) is 9.59 Å². The number of hydrogen-bond acceptors (Lipinski definition) is 4. The van der Waals surface area contributed by atoms with Crippen LogP contribution in [0.2, 0.25) is 0 Å². The number of nitrogens with zero attached hydrogens (tertiary/aromatic N) is 1. The Morgan fingerprint density at radius 1 is 1.12 bits per heavy atom. The van der Waals surface area contributed by atoms with E-state index in [2.05, 4.69) is 15.5 Å². The second-order valence-corrected chi connectivity index (χ2v) is 6.53. The van der Waals surface area contributed by atoms with Crippen molar-refractivity contribution in [2.75, 3.05) is 12.3 Å². The number of hydrogen-bond donors (Lipinski definition) is 2. The zero-order chi connectivity index (χ0) is 17.6. The predicted octanol–water partition coefficient (Wildman–Crippen LogP) is 2.97. The number of carbonyl (C=O) groups is 1. The normalized spacial score (nSPS) is 10.8. The molecule has 0 unspecified atom stereocenters. The van der Waals surface area contributed by atoms with Gasteiger partial charge in [-0.15, -0.1) is 11.8 Å². The lowest BCUT2D eigenvalue weighted by atomic mass is 10.1. The molecule has 0 saturated heterocycles. The van der Waals surface area contributed by atoms with Gasteiger partial charge in [-0.05, 0) is 42.5 Å². The van der Waals surface area contributed by atoms with Crippen molar-refractivity contribution in [3.63, 3.8) is 0 Å². The van der Waals surface area contributed by atoms with Crippen molar-refractivity contribution < 1.29 is 9.18 Å². The number of aromatic nitrogens is 2. The minimum atomic E-state index is -0.320. The highest BCUT2D eigenvalue weighted by molar-refractivity contribution is 7.99. The average Bonchev–Trinajstić information content (AvgIpc) is 2.63. The molecule has 0 aliphatic rings. The summed E-state index contributed by atoms with van der Waals surface area (Å²) in [5.41, 5.74) is -0.107. The average molecular weight is 357 g/mol. The Hall–Kier alpha value is -2.67. The van der Waals surface area contributed by atoms with Crippen LogP contribution >= 0.6 is 11.8 Å². The van der Waals surface area contributed by atoms with Crippen molar-refractivity contribution in [2.24, 2.45) is 0 Å². The number of nitrogens with one attached hydrogen (secondary N) is 2. The third-order valence-electron chi connectivity index (χ3n) is 3.60. The van der Waals surface area contributed by atoms with Crippen molar-refractivity contribution in [1.82, 2.24) is 15.5 Å². The van der Waals surface area contributed by atoms with Crippen molar-refractivity contribution in [3.8, 4) is 0 Å². The maximum absolute atomic E-state index is 12.8. The number of rotatable bonds is 6. The Labute approximate surface area is 147 Å².